The Morgan fingerprint density at radius 1 is 1.22 bits per heavy atom. The van der Waals surface area contributed by atoms with E-state index in [9.17, 15) is 19.7 Å². The molecule has 2 rings (SSSR count). The molecular formula is C16H13NO6. The molecule has 0 spiro atoms. The highest BCUT2D eigenvalue weighted by Crippen LogP contribution is 2.31. The van der Waals surface area contributed by atoms with E-state index in [1.54, 1.807) is 18.2 Å². The maximum Gasteiger partial charge on any atom is 0.341 e. The van der Waals surface area contributed by atoms with E-state index in [0.29, 0.717) is 5.56 Å². The van der Waals surface area contributed by atoms with Crippen molar-refractivity contribution < 1.29 is 23.7 Å². The number of carbonyl (C=O) groups is 2. The van der Waals surface area contributed by atoms with Gasteiger partial charge in [0, 0.05) is 6.07 Å². The van der Waals surface area contributed by atoms with Crippen molar-refractivity contribution in [3.05, 3.63) is 57.8 Å². The average molecular weight is 315 g/mol. The first-order valence-electron chi connectivity index (χ1n) is 6.58. The first-order chi connectivity index (χ1) is 10.9. The van der Waals surface area contributed by atoms with Crippen LogP contribution in [0.1, 0.15) is 12.7 Å². The van der Waals surface area contributed by atoms with E-state index in [-0.39, 0.29) is 22.8 Å². The highest BCUT2D eigenvalue weighted by molar-refractivity contribution is 6.19. The number of benzene rings is 1. The Balaban J connectivity index is 2.44. The van der Waals surface area contributed by atoms with Crippen molar-refractivity contribution in [1.82, 2.24) is 0 Å². The van der Waals surface area contributed by atoms with Gasteiger partial charge in [0.2, 0.25) is 0 Å². The molecule has 7 nitrogen and oxygen atoms in total. The van der Waals surface area contributed by atoms with Gasteiger partial charge in [-0.25, -0.2) is 4.79 Å². The minimum Gasteiger partial charge on any atom is -0.465 e. The lowest BCUT2D eigenvalue weighted by Gasteiger charge is -2.00. The normalized spacial score (nSPS) is 11.1. The second-order valence-corrected chi connectivity index (χ2v) is 4.58. The molecule has 0 saturated carbocycles. The van der Waals surface area contributed by atoms with Gasteiger partial charge in [0.05, 0.1) is 17.6 Å². The number of nitro groups is 1. The summed E-state index contributed by atoms with van der Waals surface area (Å²) in [5.74, 6) is -0.772. The van der Waals surface area contributed by atoms with Gasteiger partial charge in [-0.1, -0.05) is 12.1 Å². The van der Waals surface area contributed by atoms with Crippen molar-refractivity contribution in [3.8, 4) is 11.3 Å². The Bertz CT molecular complexity index is 802. The summed E-state index contributed by atoms with van der Waals surface area (Å²) in [6.07, 6.45) is 1.24. The molecule has 23 heavy (non-hydrogen) atoms. The number of nitro benzene ring substituents is 1. The molecule has 0 radical (unpaired) electrons. The highest BCUT2D eigenvalue weighted by Gasteiger charge is 2.19. The number of nitrogens with zero attached hydrogens (tertiary/aromatic N) is 1. The number of carbonyl (C=O) groups excluding carboxylic acids is 2. The summed E-state index contributed by atoms with van der Waals surface area (Å²) < 4.78 is 10.0. The zero-order valence-electron chi connectivity index (χ0n) is 12.4. The first-order valence-corrected chi connectivity index (χ1v) is 6.58. The summed E-state index contributed by atoms with van der Waals surface area (Å²) in [6.45, 7) is 1.23. The molecule has 0 aliphatic carbocycles. The monoisotopic (exact) mass is 315 g/mol. The van der Waals surface area contributed by atoms with Crippen LogP contribution in [-0.4, -0.2) is 23.8 Å². The van der Waals surface area contributed by atoms with Gasteiger partial charge < -0.3 is 9.15 Å². The summed E-state index contributed by atoms with van der Waals surface area (Å²) >= 11 is 0. The van der Waals surface area contributed by atoms with E-state index in [4.69, 9.17) is 4.42 Å². The molecule has 7 heteroatoms. The predicted octanol–water partition coefficient (Wildman–Crippen LogP) is 3.00. The van der Waals surface area contributed by atoms with Crippen molar-refractivity contribution >= 4 is 23.5 Å². The summed E-state index contributed by atoms with van der Waals surface area (Å²) in [6, 6.07) is 9.16. The fourth-order valence-electron chi connectivity index (χ4n) is 1.97. The van der Waals surface area contributed by atoms with Crippen LogP contribution in [0.25, 0.3) is 17.4 Å². The van der Waals surface area contributed by atoms with Gasteiger partial charge in [0.1, 0.15) is 17.1 Å². The second kappa shape index (κ2) is 6.69. The molecule has 0 atom stereocenters. The van der Waals surface area contributed by atoms with Crippen LogP contribution in [0.15, 0.2) is 46.4 Å². The Morgan fingerprint density at radius 2 is 1.91 bits per heavy atom. The Labute approximate surface area is 131 Å². The number of rotatable bonds is 5. The van der Waals surface area contributed by atoms with Crippen LogP contribution in [0.2, 0.25) is 0 Å². The Morgan fingerprint density at radius 3 is 2.52 bits per heavy atom. The van der Waals surface area contributed by atoms with Crippen LogP contribution in [0.5, 0.6) is 0 Å². The molecule has 118 valence electrons. The van der Waals surface area contributed by atoms with Crippen molar-refractivity contribution in [1.29, 1.82) is 0 Å². The van der Waals surface area contributed by atoms with Crippen LogP contribution in [-0.2, 0) is 14.3 Å². The topological polar surface area (TPSA) is 99.7 Å². The fraction of sp³-hybridized carbons (Fsp3) is 0.125. The van der Waals surface area contributed by atoms with Crippen LogP contribution >= 0.6 is 0 Å². The number of para-hydroxylation sites is 1. The number of furan rings is 1. The minimum atomic E-state index is -0.777. The Kier molecular flexibility index (Phi) is 4.70. The van der Waals surface area contributed by atoms with Crippen LogP contribution in [0.4, 0.5) is 5.69 Å². The number of ketones is 1. The van der Waals surface area contributed by atoms with Crippen molar-refractivity contribution in [2.24, 2.45) is 0 Å². The number of methoxy groups -OCH3 is 1. The smallest absolute Gasteiger partial charge is 0.341 e. The fourth-order valence-corrected chi connectivity index (χ4v) is 1.97. The van der Waals surface area contributed by atoms with Gasteiger partial charge in [-0.2, -0.15) is 0 Å². The third kappa shape index (κ3) is 3.52. The van der Waals surface area contributed by atoms with Crippen LogP contribution in [0.3, 0.4) is 0 Å². The van der Waals surface area contributed by atoms with E-state index in [0.717, 1.165) is 0 Å². The van der Waals surface area contributed by atoms with Gasteiger partial charge in [0.15, 0.2) is 5.78 Å². The van der Waals surface area contributed by atoms with Crippen LogP contribution in [0, 0.1) is 10.1 Å². The molecule has 0 unspecified atom stereocenters. The maximum absolute atomic E-state index is 11.5. The van der Waals surface area contributed by atoms with Gasteiger partial charge in [-0.15, -0.1) is 0 Å². The summed E-state index contributed by atoms with van der Waals surface area (Å²) in [4.78, 5) is 33.5. The van der Waals surface area contributed by atoms with E-state index in [1.807, 2.05) is 0 Å². The minimum absolute atomic E-state index is 0.0999. The number of hydrogen-bond donors (Lipinski definition) is 0. The predicted molar refractivity (Wildman–Crippen MR) is 81.5 cm³/mol. The zero-order chi connectivity index (χ0) is 17.0. The molecule has 0 aliphatic heterocycles. The third-order valence-electron chi connectivity index (χ3n) is 3.06. The summed E-state index contributed by atoms with van der Waals surface area (Å²) in [5.41, 5.74) is 0.0349. The molecule has 0 fully saturated rings. The summed E-state index contributed by atoms with van der Waals surface area (Å²) in [7, 11) is 1.17. The van der Waals surface area contributed by atoms with E-state index in [1.165, 1.54) is 38.3 Å². The largest absolute Gasteiger partial charge is 0.465 e. The lowest BCUT2D eigenvalue weighted by molar-refractivity contribution is -0.384. The van der Waals surface area contributed by atoms with Gasteiger partial charge in [0.25, 0.3) is 5.69 Å². The molecule has 0 aliphatic rings. The molecule has 0 amide bonds. The van der Waals surface area contributed by atoms with Crippen molar-refractivity contribution in [3.63, 3.8) is 0 Å². The molecule has 0 saturated heterocycles. The SMILES string of the molecule is COC(=O)C(=Cc1ccc(-c2ccccc2[N+](=O)[O-])o1)C(C)=O. The molecule has 0 N–H and O–H groups in total. The number of hydrogen-bond acceptors (Lipinski definition) is 6. The second-order valence-electron chi connectivity index (χ2n) is 4.58. The van der Waals surface area contributed by atoms with Crippen molar-refractivity contribution in [2.45, 2.75) is 6.92 Å². The standard InChI is InChI=1S/C16H13NO6/c1-10(18)13(16(19)22-2)9-11-7-8-15(23-11)12-5-3-4-6-14(12)17(20)21/h3-9H,1-2H3. The van der Waals surface area contributed by atoms with E-state index < -0.39 is 16.7 Å². The average Bonchev–Trinajstić information content (AvgIpc) is 3.00. The molecule has 2 aromatic rings. The van der Waals surface area contributed by atoms with Crippen molar-refractivity contribution in [2.75, 3.05) is 7.11 Å². The number of Topliss-reactive ketones (excluding diaryl/α,β-unsaturated/α-hetero) is 1. The Hall–Kier alpha value is -3.22. The number of esters is 1. The molecule has 1 aromatic heterocycles. The highest BCUT2D eigenvalue weighted by atomic mass is 16.6. The van der Waals surface area contributed by atoms with E-state index in [2.05, 4.69) is 4.74 Å². The third-order valence-corrected chi connectivity index (χ3v) is 3.06. The van der Waals surface area contributed by atoms with Crippen LogP contribution < -0.4 is 0 Å². The summed E-state index contributed by atoms with van der Waals surface area (Å²) in [5, 5.41) is 11.0. The van der Waals surface area contributed by atoms with Gasteiger partial charge >= 0.3 is 5.97 Å². The lowest BCUT2D eigenvalue weighted by atomic mass is 10.1. The molecular weight excluding hydrogens is 302 g/mol. The van der Waals surface area contributed by atoms with E-state index >= 15 is 0 Å². The van der Waals surface area contributed by atoms with Gasteiger partial charge in [-0.05, 0) is 31.2 Å². The molecule has 1 heterocycles. The number of ether oxygens (including phenoxy) is 1. The molecule has 0 bridgehead atoms. The van der Waals surface area contributed by atoms with Gasteiger partial charge in [-0.3, -0.25) is 14.9 Å². The zero-order valence-corrected chi connectivity index (χ0v) is 12.4. The first kappa shape index (κ1) is 16.2. The quantitative estimate of drug-likeness (QED) is 0.210. The maximum atomic E-state index is 11.5. The lowest BCUT2D eigenvalue weighted by Crippen LogP contribution is -2.11. The molecule has 1 aromatic carbocycles.